The largest absolute Gasteiger partial charge is 0.464 e. The number of benzene rings is 2. The fraction of sp³-hybridized carbons (Fsp3) is 0.407. The van der Waals surface area contributed by atoms with Gasteiger partial charge in [-0.25, -0.2) is 9.59 Å². The van der Waals surface area contributed by atoms with Gasteiger partial charge in [0.15, 0.2) is 0 Å². The predicted octanol–water partition coefficient (Wildman–Crippen LogP) is 4.75. The van der Waals surface area contributed by atoms with Crippen molar-refractivity contribution in [3.63, 3.8) is 0 Å². The van der Waals surface area contributed by atoms with Crippen LogP contribution in [0, 0.1) is 11.8 Å². The van der Waals surface area contributed by atoms with Gasteiger partial charge in [-0.1, -0.05) is 88.4 Å². The second kappa shape index (κ2) is 14.0. The minimum Gasteiger partial charge on any atom is -0.464 e. The van der Waals surface area contributed by atoms with E-state index >= 15 is 0 Å². The minimum atomic E-state index is -0.578. The molecule has 0 bridgehead atoms. The molecule has 0 unspecified atom stereocenters. The van der Waals surface area contributed by atoms with E-state index in [0.717, 1.165) is 11.1 Å². The molecule has 0 radical (unpaired) electrons. The molecule has 2 aromatic rings. The van der Waals surface area contributed by atoms with Crippen molar-refractivity contribution in [1.82, 2.24) is 0 Å². The van der Waals surface area contributed by atoms with Crippen molar-refractivity contribution in [3.05, 3.63) is 71.8 Å². The van der Waals surface area contributed by atoms with Gasteiger partial charge < -0.3 is 9.47 Å². The highest BCUT2D eigenvalue weighted by molar-refractivity contribution is 5.85. The van der Waals surface area contributed by atoms with Crippen molar-refractivity contribution in [2.75, 3.05) is 13.2 Å². The van der Waals surface area contributed by atoms with Crippen LogP contribution in [0.15, 0.2) is 70.6 Å². The zero-order valence-electron chi connectivity index (χ0n) is 19.9. The third-order valence-corrected chi connectivity index (χ3v) is 4.89. The van der Waals surface area contributed by atoms with E-state index in [1.807, 2.05) is 88.4 Å². The van der Waals surface area contributed by atoms with Crippen molar-refractivity contribution in [1.29, 1.82) is 0 Å². The Morgan fingerprint density at radius 2 is 1.06 bits per heavy atom. The molecule has 2 aromatic carbocycles. The lowest BCUT2D eigenvalue weighted by atomic mass is 10.1. The Morgan fingerprint density at radius 3 is 1.39 bits per heavy atom. The first-order valence-corrected chi connectivity index (χ1v) is 11.4. The van der Waals surface area contributed by atoms with Gasteiger partial charge in [0.2, 0.25) is 0 Å². The normalized spacial score (nSPS) is 13.5. The number of nitrogens with zero attached hydrogens (tertiary/aromatic N) is 2. The lowest BCUT2D eigenvalue weighted by molar-refractivity contribution is -0.148. The summed E-state index contributed by atoms with van der Waals surface area (Å²) in [6, 6.07) is 18.1. The molecule has 0 spiro atoms. The van der Waals surface area contributed by atoms with Crippen LogP contribution in [-0.4, -0.2) is 49.7 Å². The molecule has 0 saturated carbocycles. The van der Waals surface area contributed by atoms with Gasteiger partial charge in [-0.3, -0.25) is 9.98 Å². The molecule has 0 fully saturated rings. The molecule has 0 saturated heterocycles. The molecule has 2 rings (SSSR count). The minimum absolute atomic E-state index is 0.00423. The summed E-state index contributed by atoms with van der Waals surface area (Å²) in [7, 11) is 0. The number of ether oxygens (including phenoxy) is 2. The van der Waals surface area contributed by atoms with Crippen molar-refractivity contribution in [3.8, 4) is 0 Å². The predicted molar refractivity (Wildman–Crippen MR) is 132 cm³/mol. The van der Waals surface area contributed by atoms with Gasteiger partial charge in [0, 0.05) is 18.9 Å². The van der Waals surface area contributed by atoms with Crippen molar-refractivity contribution < 1.29 is 19.1 Å². The molecule has 0 heterocycles. The molecular weight excluding hydrogens is 416 g/mol. The lowest BCUT2D eigenvalue weighted by Crippen LogP contribution is -2.29. The van der Waals surface area contributed by atoms with E-state index in [4.69, 9.17) is 9.47 Å². The Labute approximate surface area is 196 Å². The maximum atomic E-state index is 12.5. The fourth-order valence-electron chi connectivity index (χ4n) is 3.00. The first kappa shape index (κ1) is 26.0. The van der Waals surface area contributed by atoms with Crippen LogP contribution in [0.4, 0.5) is 0 Å². The Morgan fingerprint density at radius 1 is 0.697 bits per heavy atom. The van der Waals surface area contributed by atoms with Crippen LogP contribution >= 0.6 is 0 Å². The van der Waals surface area contributed by atoms with Gasteiger partial charge in [0.1, 0.15) is 12.1 Å². The molecule has 176 valence electrons. The summed E-state index contributed by atoms with van der Waals surface area (Å²) in [5.74, 6) is -0.749. The second-order valence-corrected chi connectivity index (χ2v) is 8.44. The highest BCUT2D eigenvalue weighted by atomic mass is 16.5. The Bertz CT molecular complexity index is 833. The van der Waals surface area contributed by atoms with Crippen LogP contribution in [0.25, 0.3) is 0 Å². The summed E-state index contributed by atoms with van der Waals surface area (Å²) in [6.45, 7) is 8.04. The molecule has 6 nitrogen and oxygen atoms in total. The first-order chi connectivity index (χ1) is 15.9. The summed E-state index contributed by atoms with van der Waals surface area (Å²) < 4.78 is 10.8. The molecule has 33 heavy (non-hydrogen) atoms. The average molecular weight is 451 g/mol. The number of hydrogen-bond acceptors (Lipinski definition) is 6. The topological polar surface area (TPSA) is 77.3 Å². The quantitative estimate of drug-likeness (QED) is 0.266. The number of carbonyl (C=O) groups is 2. The van der Waals surface area contributed by atoms with Crippen LogP contribution in [0.2, 0.25) is 0 Å². The maximum Gasteiger partial charge on any atom is 0.331 e. The smallest absolute Gasteiger partial charge is 0.331 e. The summed E-state index contributed by atoms with van der Waals surface area (Å²) in [5, 5.41) is 0. The lowest BCUT2D eigenvalue weighted by Gasteiger charge is -2.17. The van der Waals surface area contributed by atoms with E-state index < -0.39 is 12.1 Å². The molecule has 0 aliphatic heterocycles. The van der Waals surface area contributed by atoms with Crippen molar-refractivity contribution >= 4 is 24.4 Å². The molecular formula is C27H34N2O4. The maximum absolute atomic E-state index is 12.5. The number of hydrogen-bond donors (Lipinski definition) is 0. The summed E-state index contributed by atoms with van der Waals surface area (Å²) >= 11 is 0. The summed E-state index contributed by atoms with van der Waals surface area (Å²) in [5.41, 5.74) is 1.86. The highest BCUT2D eigenvalue weighted by Gasteiger charge is 2.23. The summed E-state index contributed by atoms with van der Waals surface area (Å²) in [4.78, 5) is 33.7. The van der Waals surface area contributed by atoms with Crippen LogP contribution in [-0.2, 0) is 19.1 Å². The molecule has 0 aliphatic rings. The van der Waals surface area contributed by atoms with Gasteiger partial charge >= 0.3 is 11.9 Å². The van der Waals surface area contributed by atoms with E-state index in [2.05, 4.69) is 9.98 Å². The SMILES string of the molecule is CC(C)[C@H](N=Cc1ccccc1)C(=O)OCCCOC(=O)[C@@H](N=Cc1ccccc1)C(C)C. The van der Waals surface area contributed by atoms with Gasteiger partial charge in [-0.15, -0.1) is 0 Å². The third-order valence-electron chi connectivity index (χ3n) is 4.89. The average Bonchev–Trinajstić information content (AvgIpc) is 2.80. The third kappa shape index (κ3) is 9.39. The van der Waals surface area contributed by atoms with E-state index in [1.54, 1.807) is 12.4 Å². The van der Waals surface area contributed by atoms with Gasteiger partial charge in [-0.05, 0) is 23.0 Å². The molecule has 2 atom stereocenters. The number of carbonyl (C=O) groups excluding carboxylic acids is 2. The second-order valence-electron chi connectivity index (χ2n) is 8.44. The van der Waals surface area contributed by atoms with Crippen LogP contribution < -0.4 is 0 Å². The van der Waals surface area contributed by atoms with Gasteiger partial charge in [-0.2, -0.15) is 0 Å². The standard InChI is InChI=1S/C27H34N2O4/c1-20(2)24(28-18-22-12-7-5-8-13-22)26(30)32-16-11-17-33-27(31)25(21(3)4)29-19-23-14-9-6-10-15-23/h5-10,12-15,18-21,24-25H,11,16-17H2,1-4H3/t24-,25-/m0/s1. The number of rotatable bonds is 12. The number of esters is 2. The van der Waals surface area contributed by atoms with Crippen LogP contribution in [0.3, 0.4) is 0 Å². The van der Waals surface area contributed by atoms with Crippen molar-refractivity contribution in [2.45, 2.75) is 46.2 Å². The number of aliphatic imine (C=N–C) groups is 2. The molecule has 0 amide bonds. The van der Waals surface area contributed by atoms with E-state index in [0.29, 0.717) is 6.42 Å². The molecule has 0 N–H and O–H groups in total. The monoisotopic (exact) mass is 450 g/mol. The van der Waals surface area contributed by atoms with Crippen LogP contribution in [0.1, 0.15) is 45.2 Å². The van der Waals surface area contributed by atoms with Gasteiger partial charge in [0.25, 0.3) is 0 Å². The zero-order valence-corrected chi connectivity index (χ0v) is 19.9. The van der Waals surface area contributed by atoms with E-state index in [1.165, 1.54) is 0 Å². The Balaban J connectivity index is 1.78. The van der Waals surface area contributed by atoms with Crippen molar-refractivity contribution in [2.24, 2.45) is 21.8 Å². The van der Waals surface area contributed by atoms with E-state index in [9.17, 15) is 9.59 Å². The zero-order chi connectivity index (χ0) is 24.1. The Kier molecular flexibility index (Phi) is 11.0. The molecule has 0 aliphatic carbocycles. The van der Waals surface area contributed by atoms with E-state index in [-0.39, 0.29) is 37.0 Å². The highest BCUT2D eigenvalue weighted by Crippen LogP contribution is 2.11. The molecule has 0 aromatic heterocycles. The first-order valence-electron chi connectivity index (χ1n) is 11.4. The fourth-order valence-corrected chi connectivity index (χ4v) is 3.00. The summed E-state index contributed by atoms with van der Waals surface area (Å²) in [6.07, 6.45) is 3.79. The van der Waals surface area contributed by atoms with Crippen LogP contribution in [0.5, 0.6) is 0 Å². The Hall–Kier alpha value is -3.28. The molecule has 6 heteroatoms. The van der Waals surface area contributed by atoms with Gasteiger partial charge in [0.05, 0.1) is 13.2 Å².